The SMILES string of the molecule is Cn1ccnc1C(C)(CN)CO. The Balaban J connectivity index is 3.02. The van der Waals surface area contributed by atoms with Crippen LogP contribution in [0.4, 0.5) is 0 Å². The first-order valence-corrected chi connectivity index (χ1v) is 3.93. The minimum atomic E-state index is -0.418. The lowest BCUT2D eigenvalue weighted by Crippen LogP contribution is -2.38. The minimum Gasteiger partial charge on any atom is -0.395 e. The van der Waals surface area contributed by atoms with Gasteiger partial charge in [0.1, 0.15) is 5.82 Å². The van der Waals surface area contributed by atoms with Crippen molar-refractivity contribution in [3.63, 3.8) is 0 Å². The lowest BCUT2D eigenvalue weighted by molar-refractivity contribution is 0.201. The third-order valence-corrected chi connectivity index (χ3v) is 2.16. The molecule has 68 valence electrons. The Bertz CT molecular complexity index is 253. The zero-order chi connectivity index (χ0) is 9.19. The van der Waals surface area contributed by atoms with Gasteiger partial charge < -0.3 is 15.4 Å². The zero-order valence-corrected chi connectivity index (χ0v) is 7.49. The van der Waals surface area contributed by atoms with Crippen molar-refractivity contribution in [3.8, 4) is 0 Å². The molecule has 0 aromatic carbocycles. The summed E-state index contributed by atoms with van der Waals surface area (Å²) in [6.45, 7) is 2.32. The van der Waals surface area contributed by atoms with Crippen molar-refractivity contribution < 1.29 is 5.11 Å². The van der Waals surface area contributed by atoms with Crippen LogP contribution in [-0.4, -0.2) is 27.8 Å². The van der Waals surface area contributed by atoms with Gasteiger partial charge in [-0.25, -0.2) is 4.98 Å². The number of imidazole rings is 1. The summed E-state index contributed by atoms with van der Waals surface area (Å²) < 4.78 is 1.88. The fourth-order valence-corrected chi connectivity index (χ4v) is 1.17. The predicted octanol–water partition coefficient (Wildman–Crippen LogP) is -0.371. The molecule has 0 radical (unpaired) electrons. The van der Waals surface area contributed by atoms with Crippen LogP contribution in [0.1, 0.15) is 12.7 Å². The second-order valence-electron chi connectivity index (χ2n) is 3.28. The van der Waals surface area contributed by atoms with E-state index in [0.717, 1.165) is 5.82 Å². The highest BCUT2D eigenvalue weighted by molar-refractivity contribution is 5.08. The van der Waals surface area contributed by atoms with Gasteiger partial charge in [-0.2, -0.15) is 0 Å². The quantitative estimate of drug-likeness (QED) is 0.649. The van der Waals surface area contributed by atoms with E-state index >= 15 is 0 Å². The van der Waals surface area contributed by atoms with Gasteiger partial charge in [0.05, 0.1) is 12.0 Å². The summed E-state index contributed by atoms with van der Waals surface area (Å²) in [5.74, 6) is 0.826. The van der Waals surface area contributed by atoms with Crippen LogP contribution in [0, 0.1) is 0 Å². The van der Waals surface area contributed by atoms with Crippen molar-refractivity contribution in [2.24, 2.45) is 12.8 Å². The number of nitrogens with zero attached hydrogens (tertiary/aromatic N) is 2. The molecular weight excluding hydrogens is 154 g/mol. The van der Waals surface area contributed by atoms with E-state index in [1.54, 1.807) is 6.20 Å². The van der Waals surface area contributed by atoms with Crippen molar-refractivity contribution in [1.29, 1.82) is 0 Å². The maximum absolute atomic E-state index is 9.15. The second-order valence-corrected chi connectivity index (χ2v) is 3.28. The Labute approximate surface area is 72.0 Å². The van der Waals surface area contributed by atoms with Gasteiger partial charge in [0.2, 0.25) is 0 Å². The molecule has 0 aliphatic carbocycles. The number of aliphatic hydroxyl groups is 1. The average molecular weight is 169 g/mol. The van der Waals surface area contributed by atoms with E-state index in [0.29, 0.717) is 6.54 Å². The summed E-state index contributed by atoms with van der Waals surface area (Å²) in [5.41, 5.74) is 5.15. The van der Waals surface area contributed by atoms with Crippen molar-refractivity contribution in [3.05, 3.63) is 18.2 Å². The molecule has 0 amide bonds. The molecule has 1 unspecified atom stereocenters. The van der Waals surface area contributed by atoms with Gasteiger partial charge in [0.25, 0.3) is 0 Å². The van der Waals surface area contributed by atoms with Gasteiger partial charge in [0, 0.05) is 26.0 Å². The molecule has 0 fully saturated rings. The fraction of sp³-hybridized carbons (Fsp3) is 0.625. The predicted molar refractivity (Wildman–Crippen MR) is 46.7 cm³/mol. The van der Waals surface area contributed by atoms with Crippen LogP contribution < -0.4 is 5.73 Å². The van der Waals surface area contributed by atoms with Gasteiger partial charge >= 0.3 is 0 Å². The molecule has 0 aliphatic rings. The summed E-state index contributed by atoms with van der Waals surface area (Å²) in [6, 6.07) is 0. The van der Waals surface area contributed by atoms with E-state index in [2.05, 4.69) is 4.98 Å². The molecule has 1 atom stereocenters. The molecule has 12 heavy (non-hydrogen) atoms. The number of hydrogen-bond acceptors (Lipinski definition) is 3. The van der Waals surface area contributed by atoms with Crippen molar-refractivity contribution >= 4 is 0 Å². The smallest absolute Gasteiger partial charge is 0.117 e. The molecule has 0 saturated carbocycles. The fourth-order valence-electron chi connectivity index (χ4n) is 1.17. The Morgan fingerprint density at radius 2 is 2.42 bits per heavy atom. The standard InChI is InChI=1S/C8H15N3O/c1-8(5-9,6-12)7-10-3-4-11(7)2/h3-4,12H,5-6,9H2,1-2H3. The lowest BCUT2D eigenvalue weighted by Gasteiger charge is -2.24. The van der Waals surface area contributed by atoms with Crippen LogP contribution in [0.3, 0.4) is 0 Å². The van der Waals surface area contributed by atoms with E-state index in [-0.39, 0.29) is 6.61 Å². The molecule has 4 heteroatoms. The van der Waals surface area contributed by atoms with Gasteiger partial charge in [-0.05, 0) is 6.92 Å². The highest BCUT2D eigenvalue weighted by atomic mass is 16.3. The number of aliphatic hydroxyl groups excluding tert-OH is 1. The number of aromatic nitrogens is 2. The van der Waals surface area contributed by atoms with Gasteiger partial charge in [0.15, 0.2) is 0 Å². The van der Waals surface area contributed by atoms with Crippen LogP contribution in [0.25, 0.3) is 0 Å². The first kappa shape index (κ1) is 9.22. The minimum absolute atomic E-state index is 0.0222. The van der Waals surface area contributed by atoms with E-state index in [9.17, 15) is 0 Å². The molecule has 0 spiro atoms. The molecule has 0 aliphatic heterocycles. The van der Waals surface area contributed by atoms with E-state index < -0.39 is 5.41 Å². The Kier molecular flexibility index (Phi) is 2.49. The first-order chi connectivity index (χ1) is 5.64. The number of hydrogen-bond donors (Lipinski definition) is 2. The molecular formula is C8H15N3O. The average Bonchev–Trinajstić information content (AvgIpc) is 2.51. The molecule has 3 N–H and O–H groups in total. The van der Waals surface area contributed by atoms with Gasteiger partial charge in [-0.3, -0.25) is 0 Å². The summed E-state index contributed by atoms with van der Waals surface area (Å²) in [4.78, 5) is 4.15. The highest BCUT2D eigenvalue weighted by Crippen LogP contribution is 2.18. The van der Waals surface area contributed by atoms with E-state index in [1.165, 1.54) is 0 Å². The third-order valence-electron chi connectivity index (χ3n) is 2.16. The summed E-state index contributed by atoms with van der Waals surface area (Å²) in [7, 11) is 1.89. The maximum atomic E-state index is 9.15. The molecule has 1 heterocycles. The maximum Gasteiger partial charge on any atom is 0.117 e. The molecule has 0 saturated heterocycles. The third kappa shape index (κ3) is 1.35. The van der Waals surface area contributed by atoms with Crippen LogP contribution in [-0.2, 0) is 12.5 Å². The highest BCUT2D eigenvalue weighted by Gasteiger charge is 2.27. The van der Waals surface area contributed by atoms with Crippen LogP contribution in [0.15, 0.2) is 12.4 Å². The number of aryl methyl sites for hydroxylation is 1. The van der Waals surface area contributed by atoms with Crippen molar-refractivity contribution in [2.75, 3.05) is 13.2 Å². The second kappa shape index (κ2) is 3.25. The summed E-state index contributed by atoms with van der Waals surface area (Å²) in [6.07, 6.45) is 3.55. The topological polar surface area (TPSA) is 64.1 Å². The summed E-state index contributed by atoms with van der Waals surface area (Å²) >= 11 is 0. The Morgan fingerprint density at radius 1 is 1.75 bits per heavy atom. The van der Waals surface area contributed by atoms with Crippen LogP contribution in [0.2, 0.25) is 0 Å². The van der Waals surface area contributed by atoms with Crippen LogP contribution >= 0.6 is 0 Å². The van der Waals surface area contributed by atoms with E-state index in [1.807, 2.05) is 24.7 Å². The number of nitrogens with two attached hydrogens (primary N) is 1. The number of rotatable bonds is 3. The Morgan fingerprint density at radius 3 is 2.75 bits per heavy atom. The summed E-state index contributed by atoms with van der Waals surface area (Å²) in [5, 5.41) is 9.15. The Hall–Kier alpha value is -0.870. The van der Waals surface area contributed by atoms with Crippen LogP contribution in [0.5, 0.6) is 0 Å². The van der Waals surface area contributed by atoms with Gasteiger partial charge in [-0.1, -0.05) is 0 Å². The lowest BCUT2D eigenvalue weighted by atomic mass is 9.91. The largest absolute Gasteiger partial charge is 0.395 e. The molecule has 1 aromatic heterocycles. The van der Waals surface area contributed by atoms with Crippen molar-refractivity contribution in [1.82, 2.24) is 9.55 Å². The molecule has 1 aromatic rings. The first-order valence-electron chi connectivity index (χ1n) is 3.93. The molecule has 4 nitrogen and oxygen atoms in total. The normalized spacial score (nSPS) is 16.0. The van der Waals surface area contributed by atoms with E-state index in [4.69, 9.17) is 10.8 Å². The molecule has 0 bridgehead atoms. The monoisotopic (exact) mass is 169 g/mol. The van der Waals surface area contributed by atoms with Gasteiger partial charge in [-0.15, -0.1) is 0 Å². The zero-order valence-electron chi connectivity index (χ0n) is 7.49. The van der Waals surface area contributed by atoms with Crippen molar-refractivity contribution in [2.45, 2.75) is 12.3 Å². The molecule has 1 rings (SSSR count).